The Kier molecular flexibility index (Phi) is 4.24. The number of nitrogens with zero attached hydrogens (tertiary/aromatic N) is 4. The number of aryl methyl sites for hydroxylation is 1. The second-order valence-electron chi connectivity index (χ2n) is 4.99. The summed E-state index contributed by atoms with van der Waals surface area (Å²) in [5.74, 6) is -0.194. The highest BCUT2D eigenvalue weighted by molar-refractivity contribution is 6.02. The Morgan fingerprint density at radius 3 is 2.74 bits per heavy atom. The van der Waals surface area contributed by atoms with Gasteiger partial charge < -0.3 is 5.32 Å². The molecule has 0 bridgehead atoms. The Balaban J connectivity index is 1.74. The molecule has 1 N–H and O–H groups in total. The van der Waals surface area contributed by atoms with Gasteiger partial charge in [0.15, 0.2) is 0 Å². The minimum atomic E-state index is -0.194. The van der Waals surface area contributed by atoms with Gasteiger partial charge in [0.25, 0.3) is 0 Å². The zero-order valence-corrected chi connectivity index (χ0v) is 12.5. The average molecular weight is 305 g/mol. The third-order valence-corrected chi connectivity index (χ3v) is 3.30. The van der Waals surface area contributed by atoms with Crippen LogP contribution in [0.15, 0.2) is 60.9 Å². The molecule has 0 saturated carbocycles. The summed E-state index contributed by atoms with van der Waals surface area (Å²) >= 11 is 0. The number of rotatable bonds is 4. The minimum absolute atomic E-state index is 0.194. The first-order valence-electron chi connectivity index (χ1n) is 7.10. The molecule has 3 rings (SSSR count). The van der Waals surface area contributed by atoms with E-state index >= 15 is 0 Å². The first kappa shape index (κ1) is 14.6. The second kappa shape index (κ2) is 6.65. The van der Waals surface area contributed by atoms with E-state index in [2.05, 4.69) is 20.8 Å². The van der Waals surface area contributed by atoms with Gasteiger partial charge in [-0.05, 0) is 46.7 Å². The fourth-order valence-electron chi connectivity index (χ4n) is 2.13. The maximum atomic E-state index is 12.0. The second-order valence-corrected chi connectivity index (χ2v) is 4.99. The highest BCUT2D eigenvalue weighted by Crippen LogP contribution is 2.18. The molecule has 0 saturated heterocycles. The molecule has 1 heterocycles. The summed E-state index contributed by atoms with van der Waals surface area (Å²) in [4.78, 5) is 12.0. The minimum Gasteiger partial charge on any atom is -0.322 e. The maximum absolute atomic E-state index is 12.0. The highest BCUT2D eigenvalue weighted by atomic mass is 16.1. The summed E-state index contributed by atoms with van der Waals surface area (Å²) in [5.41, 5.74) is 3.49. The fourth-order valence-corrected chi connectivity index (χ4v) is 2.13. The predicted octanol–water partition coefficient (Wildman–Crippen LogP) is 2.62. The van der Waals surface area contributed by atoms with Crippen molar-refractivity contribution >= 4 is 17.7 Å². The molecule has 0 fully saturated rings. The molecular weight excluding hydrogens is 290 g/mol. The maximum Gasteiger partial charge on any atom is 0.248 e. The Labute approximate surface area is 133 Å². The summed E-state index contributed by atoms with van der Waals surface area (Å²) in [6.07, 6.45) is 4.79. The van der Waals surface area contributed by atoms with E-state index in [1.165, 1.54) is 12.4 Å². The van der Waals surface area contributed by atoms with Gasteiger partial charge >= 0.3 is 0 Å². The number of hydrogen-bond acceptors (Lipinski definition) is 4. The molecule has 3 aromatic rings. The number of benzene rings is 2. The summed E-state index contributed by atoms with van der Waals surface area (Å²) in [5, 5.41) is 14.0. The van der Waals surface area contributed by atoms with Crippen LogP contribution >= 0.6 is 0 Å². The Morgan fingerprint density at radius 2 is 2.00 bits per heavy atom. The normalized spacial score (nSPS) is 10.8. The van der Waals surface area contributed by atoms with E-state index in [4.69, 9.17) is 0 Å². The smallest absolute Gasteiger partial charge is 0.248 e. The molecular formula is C17H15N5O. The third kappa shape index (κ3) is 3.68. The van der Waals surface area contributed by atoms with Crippen molar-refractivity contribution in [3.05, 3.63) is 72.1 Å². The summed E-state index contributed by atoms with van der Waals surface area (Å²) in [7, 11) is 0. The lowest BCUT2D eigenvalue weighted by Crippen LogP contribution is -2.09. The fraction of sp³-hybridized carbons (Fsp3) is 0.0588. The molecule has 0 aliphatic carbocycles. The zero-order chi connectivity index (χ0) is 16.1. The monoisotopic (exact) mass is 305 g/mol. The van der Waals surface area contributed by atoms with E-state index < -0.39 is 0 Å². The topological polar surface area (TPSA) is 72.7 Å². The van der Waals surface area contributed by atoms with Crippen LogP contribution in [0.1, 0.15) is 11.1 Å². The molecule has 6 heteroatoms. The van der Waals surface area contributed by atoms with Crippen molar-refractivity contribution < 1.29 is 4.79 Å². The molecule has 0 radical (unpaired) electrons. The number of carbonyl (C=O) groups excluding carboxylic acids is 1. The van der Waals surface area contributed by atoms with Crippen molar-refractivity contribution in [2.24, 2.45) is 0 Å². The Hall–Kier alpha value is -3.28. The van der Waals surface area contributed by atoms with Crippen LogP contribution < -0.4 is 5.32 Å². The number of anilines is 1. The van der Waals surface area contributed by atoms with Gasteiger partial charge in [0.1, 0.15) is 6.33 Å². The lowest BCUT2D eigenvalue weighted by Gasteiger charge is -2.08. The van der Waals surface area contributed by atoms with Crippen molar-refractivity contribution in [1.29, 1.82) is 0 Å². The summed E-state index contributed by atoms with van der Waals surface area (Å²) < 4.78 is 1.56. The summed E-state index contributed by atoms with van der Waals surface area (Å²) in [6.45, 7) is 1.96. The zero-order valence-electron chi connectivity index (χ0n) is 12.5. The largest absolute Gasteiger partial charge is 0.322 e. The first-order valence-corrected chi connectivity index (χ1v) is 7.10. The molecule has 0 aliphatic rings. The van der Waals surface area contributed by atoms with Crippen LogP contribution in [0.5, 0.6) is 0 Å². The molecule has 0 aliphatic heterocycles. The molecule has 23 heavy (non-hydrogen) atoms. The lowest BCUT2D eigenvalue weighted by atomic mass is 10.1. The summed E-state index contributed by atoms with van der Waals surface area (Å²) in [6, 6.07) is 15.2. The van der Waals surface area contributed by atoms with Crippen LogP contribution in [0.4, 0.5) is 5.69 Å². The highest BCUT2D eigenvalue weighted by Gasteiger charge is 2.05. The average Bonchev–Trinajstić information content (AvgIpc) is 3.10. The van der Waals surface area contributed by atoms with Crippen LogP contribution in [0.3, 0.4) is 0 Å². The van der Waals surface area contributed by atoms with E-state index in [9.17, 15) is 4.79 Å². The molecule has 1 aromatic heterocycles. The van der Waals surface area contributed by atoms with E-state index in [0.29, 0.717) is 5.69 Å². The van der Waals surface area contributed by atoms with Crippen molar-refractivity contribution in [2.75, 3.05) is 5.32 Å². The van der Waals surface area contributed by atoms with Gasteiger partial charge in [0.2, 0.25) is 5.91 Å². The van der Waals surface area contributed by atoms with Crippen molar-refractivity contribution in [3.8, 4) is 5.69 Å². The molecule has 0 unspecified atom stereocenters. The van der Waals surface area contributed by atoms with Gasteiger partial charge in [-0.15, -0.1) is 5.10 Å². The number of amides is 1. The standard InChI is InChI=1S/C17H15N5O/c1-13-7-9-15(11-16(13)22-12-18-20-21-22)19-17(23)10-8-14-5-3-2-4-6-14/h2-12H,1H3,(H,19,23)/b10-8+. The molecule has 0 atom stereocenters. The van der Waals surface area contributed by atoms with E-state index in [-0.39, 0.29) is 5.91 Å². The SMILES string of the molecule is Cc1ccc(NC(=O)/C=C/c2ccccc2)cc1-n1cnnn1. The molecule has 0 spiro atoms. The quantitative estimate of drug-likeness (QED) is 0.752. The predicted molar refractivity (Wildman–Crippen MR) is 88.0 cm³/mol. The van der Waals surface area contributed by atoms with Gasteiger partial charge in [0.05, 0.1) is 5.69 Å². The van der Waals surface area contributed by atoms with Crippen LogP contribution in [-0.2, 0) is 4.79 Å². The number of aromatic nitrogens is 4. The van der Waals surface area contributed by atoms with E-state index in [1.54, 1.807) is 10.8 Å². The van der Waals surface area contributed by atoms with Crippen LogP contribution in [0.2, 0.25) is 0 Å². The number of nitrogens with one attached hydrogen (secondary N) is 1. The van der Waals surface area contributed by atoms with E-state index in [1.807, 2.05) is 55.5 Å². The molecule has 1 amide bonds. The van der Waals surface area contributed by atoms with Crippen LogP contribution in [0.25, 0.3) is 11.8 Å². The number of tetrazole rings is 1. The van der Waals surface area contributed by atoms with Crippen LogP contribution in [-0.4, -0.2) is 26.1 Å². The van der Waals surface area contributed by atoms with Gasteiger partial charge in [-0.2, -0.15) is 0 Å². The molecule has 114 valence electrons. The van der Waals surface area contributed by atoms with Crippen LogP contribution in [0, 0.1) is 6.92 Å². The Morgan fingerprint density at radius 1 is 1.17 bits per heavy atom. The number of hydrogen-bond donors (Lipinski definition) is 1. The Bertz CT molecular complexity index is 825. The van der Waals surface area contributed by atoms with Crippen molar-refractivity contribution in [2.45, 2.75) is 6.92 Å². The van der Waals surface area contributed by atoms with Gasteiger partial charge in [-0.25, -0.2) is 4.68 Å². The van der Waals surface area contributed by atoms with Crippen molar-refractivity contribution in [1.82, 2.24) is 20.2 Å². The lowest BCUT2D eigenvalue weighted by molar-refractivity contribution is -0.111. The van der Waals surface area contributed by atoms with Gasteiger partial charge in [-0.3, -0.25) is 4.79 Å². The van der Waals surface area contributed by atoms with Crippen molar-refractivity contribution in [3.63, 3.8) is 0 Å². The molecule has 2 aromatic carbocycles. The van der Waals surface area contributed by atoms with E-state index in [0.717, 1.165) is 16.8 Å². The van der Waals surface area contributed by atoms with Gasteiger partial charge in [0, 0.05) is 11.8 Å². The third-order valence-electron chi connectivity index (χ3n) is 3.30. The van der Waals surface area contributed by atoms with Gasteiger partial charge in [-0.1, -0.05) is 36.4 Å². The molecule has 6 nitrogen and oxygen atoms in total. The number of carbonyl (C=O) groups is 1. The first-order chi connectivity index (χ1) is 11.2.